The van der Waals surface area contributed by atoms with E-state index in [-0.39, 0.29) is 17.7 Å². The molecule has 0 spiro atoms. The first-order valence-electron chi connectivity index (χ1n) is 5.06. The second-order valence-corrected chi connectivity index (χ2v) is 7.97. The van der Waals surface area contributed by atoms with E-state index in [1.807, 2.05) is 0 Å². The average Bonchev–Trinajstić information content (AvgIpc) is 2.66. The van der Waals surface area contributed by atoms with E-state index in [0.29, 0.717) is 10.1 Å². The molecule has 0 aliphatic heterocycles. The Bertz CT molecular complexity index is 387. The third kappa shape index (κ3) is 1.61. The van der Waals surface area contributed by atoms with Gasteiger partial charge in [-0.25, -0.2) is 0 Å². The molecule has 0 saturated heterocycles. The number of hydrogen-bond donors (Lipinski definition) is 0. The Morgan fingerprint density at radius 1 is 1.06 bits per heavy atom. The Hall–Kier alpha value is 2.06. The summed E-state index contributed by atoms with van der Waals surface area (Å²) in [6.45, 7) is 0. The highest BCUT2D eigenvalue weighted by atomic mass is 35.5. The van der Waals surface area contributed by atoms with E-state index in [2.05, 4.69) is 0 Å². The third-order valence-corrected chi connectivity index (χ3v) is 8.05. The lowest BCUT2D eigenvalue weighted by atomic mass is 9.69. The standard InChI is InChI=1S/C10H8Cl8/c11-1-9(2-12)3-4(13)6(15)10(9,8(17)18)7(16)5(3)14/h3-4,6,8H,1-2H2/t3-,4+,6+,10?/m0/s1. The number of allylic oxidation sites excluding steroid dienone is 2. The van der Waals surface area contributed by atoms with Crippen molar-refractivity contribution in [3.8, 4) is 0 Å². The van der Waals surface area contributed by atoms with Gasteiger partial charge in [-0.05, 0) is 0 Å². The van der Waals surface area contributed by atoms with Crippen molar-refractivity contribution in [2.24, 2.45) is 16.7 Å². The lowest BCUT2D eigenvalue weighted by molar-refractivity contribution is 0.182. The summed E-state index contributed by atoms with van der Waals surface area (Å²) >= 11 is 49.9. The minimum atomic E-state index is -1.00. The predicted octanol–water partition coefficient (Wildman–Crippen LogP) is 5.79. The summed E-state index contributed by atoms with van der Waals surface area (Å²) < 4.78 is 0. The van der Waals surface area contributed by atoms with Gasteiger partial charge in [0.25, 0.3) is 0 Å². The Kier molecular flexibility index (Phi) is 4.89. The van der Waals surface area contributed by atoms with Crippen molar-refractivity contribution in [2.45, 2.75) is 15.6 Å². The van der Waals surface area contributed by atoms with Crippen LogP contribution in [0, 0.1) is 16.7 Å². The molecule has 0 aromatic heterocycles. The van der Waals surface area contributed by atoms with Crippen molar-refractivity contribution >= 4 is 92.8 Å². The average molecular weight is 412 g/mol. The fourth-order valence-electron chi connectivity index (χ4n) is 3.17. The van der Waals surface area contributed by atoms with Crippen molar-refractivity contribution in [3.05, 3.63) is 10.1 Å². The van der Waals surface area contributed by atoms with Crippen LogP contribution in [0.5, 0.6) is 0 Å². The number of hydrogen-bond acceptors (Lipinski definition) is 0. The maximum Gasteiger partial charge on any atom is 0.120 e. The summed E-state index contributed by atoms with van der Waals surface area (Å²) in [5.41, 5.74) is -1.73. The van der Waals surface area contributed by atoms with Crippen molar-refractivity contribution in [1.29, 1.82) is 0 Å². The van der Waals surface area contributed by atoms with Gasteiger partial charge in [0, 0.05) is 33.2 Å². The zero-order chi connectivity index (χ0) is 13.9. The van der Waals surface area contributed by atoms with E-state index < -0.39 is 26.4 Å². The lowest BCUT2D eigenvalue weighted by Crippen LogP contribution is -2.49. The topological polar surface area (TPSA) is 0 Å². The van der Waals surface area contributed by atoms with Crippen LogP contribution in [0.15, 0.2) is 10.1 Å². The smallest absolute Gasteiger partial charge is 0.120 e. The maximum atomic E-state index is 6.42. The van der Waals surface area contributed by atoms with Gasteiger partial charge in [0.05, 0.1) is 16.2 Å². The van der Waals surface area contributed by atoms with E-state index in [0.717, 1.165) is 0 Å². The number of halogens is 8. The van der Waals surface area contributed by atoms with Crippen LogP contribution in [0.2, 0.25) is 0 Å². The summed E-state index contributed by atoms with van der Waals surface area (Å²) in [4.78, 5) is -0.896. The van der Waals surface area contributed by atoms with Crippen molar-refractivity contribution in [2.75, 3.05) is 11.8 Å². The summed E-state index contributed by atoms with van der Waals surface area (Å²) in [6.07, 6.45) is 0. The number of fused-ring (bicyclic) bond motifs is 2. The first-order valence-corrected chi connectivity index (χ1v) is 8.63. The number of alkyl halides is 6. The van der Waals surface area contributed by atoms with Gasteiger partial charge in [0.15, 0.2) is 0 Å². The van der Waals surface area contributed by atoms with E-state index in [9.17, 15) is 0 Å². The van der Waals surface area contributed by atoms with Gasteiger partial charge in [-0.2, -0.15) is 0 Å². The predicted molar refractivity (Wildman–Crippen MR) is 83.3 cm³/mol. The molecule has 2 bridgehead atoms. The quantitative estimate of drug-likeness (QED) is 0.516. The molecule has 2 rings (SSSR count). The van der Waals surface area contributed by atoms with Crippen LogP contribution in [0.4, 0.5) is 0 Å². The minimum absolute atomic E-state index is 0.177. The molecule has 0 aromatic carbocycles. The Morgan fingerprint density at radius 2 is 1.56 bits per heavy atom. The molecule has 2 aliphatic rings. The summed E-state index contributed by atoms with van der Waals surface area (Å²) in [7, 11) is 0. The molecule has 104 valence electrons. The van der Waals surface area contributed by atoms with Crippen molar-refractivity contribution < 1.29 is 0 Å². The van der Waals surface area contributed by atoms with Crippen molar-refractivity contribution in [3.63, 3.8) is 0 Å². The van der Waals surface area contributed by atoms with Gasteiger partial charge < -0.3 is 0 Å². The van der Waals surface area contributed by atoms with Crippen LogP contribution in [0.3, 0.4) is 0 Å². The summed E-state index contributed by atoms with van der Waals surface area (Å²) in [6, 6.07) is 0. The molecule has 1 unspecified atom stereocenters. The molecular formula is C10H8Cl8. The highest BCUT2D eigenvalue weighted by molar-refractivity contribution is 6.50. The molecule has 1 saturated carbocycles. The number of rotatable bonds is 3. The molecule has 0 amide bonds. The zero-order valence-electron chi connectivity index (χ0n) is 8.75. The summed E-state index contributed by atoms with van der Waals surface area (Å²) in [5.74, 6) is 0.0252. The molecule has 0 heterocycles. The monoisotopic (exact) mass is 408 g/mol. The molecule has 1 fully saturated rings. The SMILES string of the molecule is ClCC1(CCl)[C@@H]2C(Cl)=C(Cl)C1(C(Cl)Cl)[C@H](Cl)[C@@H]2Cl. The normalized spacial score (nSPS) is 42.2. The molecule has 0 aromatic rings. The maximum absolute atomic E-state index is 6.42. The molecule has 18 heavy (non-hydrogen) atoms. The Morgan fingerprint density at radius 3 is 1.89 bits per heavy atom. The van der Waals surface area contributed by atoms with Crippen LogP contribution < -0.4 is 0 Å². The van der Waals surface area contributed by atoms with Crippen molar-refractivity contribution in [1.82, 2.24) is 0 Å². The molecule has 0 nitrogen and oxygen atoms in total. The van der Waals surface area contributed by atoms with Crippen LogP contribution in [-0.4, -0.2) is 27.4 Å². The zero-order valence-corrected chi connectivity index (χ0v) is 14.8. The Balaban J connectivity index is 2.74. The molecule has 8 heteroatoms. The van der Waals surface area contributed by atoms with Gasteiger partial charge in [-0.1, -0.05) is 23.2 Å². The second kappa shape index (κ2) is 5.36. The van der Waals surface area contributed by atoms with E-state index in [1.165, 1.54) is 0 Å². The third-order valence-electron chi connectivity index (χ3n) is 4.12. The van der Waals surface area contributed by atoms with Gasteiger partial charge in [0.1, 0.15) is 4.84 Å². The van der Waals surface area contributed by atoms with Crippen LogP contribution in [-0.2, 0) is 0 Å². The lowest BCUT2D eigenvalue weighted by Gasteiger charge is -2.44. The Labute approximate surface area is 146 Å². The van der Waals surface area contributed by atoms with Crippen LogP contribution in [0.25, 0.3) is 0 Å². The van der Waals surface area contributed by atoms with E-state index in [4.69, 9.17) is 92.8 Å². The summed E-state index contributed by atoms with van der Waals surface area (Å²) in [5, 5.41) is -0.278. The fraction of sp³-hybridized carbons (Fsp3) is 0.800. The van der Waals surface area contributed by atoms with E-state index >= 15 is 0 Å². The van der Waals surface area contributed by atoms with Crippen LogP contribution in [0.1, 0.15) is 0 Å². The van der Waals surface area contributed by atoms with Gasteiger partial charge >= 0.3 is 0 Å². The van der Waals surface area contributed by atoms with Gasteiger partial charge in [0.2, 0.25) is 0 Å². The largest absolute Gasteiger partial charge is 0.126 e. The van der Waals surface area contributed by atoms with Crippen LogP contribution >= 0.6 is 92.8 Å². The molecule has 4 atom stereocenters. The fourth-order valence-corrected chi connectivity index (χ4v) is 7.71. The molecule has 0 radical (unpaired) electrons. The molecular weight excluding hydrogens is 404 g/mol. The van der Waals surface area contributed by atoms with E-state index in [1.54, 1.807) is 0 Å². The highest BCUT2D eigenvalue weighted by Gasteiger charge is 2.76. The second-order valence-electron chi connectivity index (χ2n) is 4.58. The minimum Gasteiger partial charge on any atom is -0.126 e. The molecule has 0 N–H and O–H groups in total. The molecule has 2 aliphatic carbocycles. The van der Waals surface area contributed by atoms with Gasteiger partial charge in [-0.3, -0.25) is 0 Å². The van der Waals surface area contributed by atoms with Gasteiger partial charge in [-0.15, -0.1) is 69.6 Å². The first-order chi connectivity index (χ1) is 8.32. The highest BCUT2D eigenvalue weighted by Crippen LogP contribution is 2.75. The first kappa shape index (κ1) is 16.4.